The van der Waals surface area contributed by atoms with Crippen molar-refractivity contribution in [3.05, 3.63) is 28.2 Å². The van der Waals surface area contributed by atoms with Crippen molar-refractivity contribution < 1.29 is 4.74 Å². The van der Waals surface area contributed by atoms with Crippen LogP contribution in [0.1, 0.15) is 12.5 Å². The molecule has 0 aliphatic carbocycles. The fourth-order valence-electron chi connectivity index (χ4n) is 1.54. The lowest BCUT2D eigenvalue weighted by atomic mass is 10.1. The third-order valence-electron chi connectivity index (χ3n) is 2.60. The van der Waals surface area contributed by atoms with Crippen LogP contribution < -0.4 is 5.73 Å². The van der Waals surface area contributed by atoms with Gasteiger partial charge in [0, 0.05) is 35.9 Å². The van der Waals surface area contributed by atoms with Crippen LogP contribution in [-0.4, -0.2) is 31.7 Å². The number of rotatable bonds is 6. The number of anilines is 1. The molecule has 0 saturated heterocycles. The van der Waals surface area contributed by atoms with Crippen molar-refractivity contribution in [2.24, 2.45) is 0 Å². The maximum absolute atomic E-state index is 5.97. The zero-order valence-corrected chi connectivity index (χ0v) is 11.5. The van der Waals surface area contributed by atoms with Gasteiger partial charge in [-0.05, 0) is 18.7 Å². The fourth-order valence-corrected chi connectivity index (χ4v) is 2.04. The second-order valence-electron chi connectivity index (χ2n) is 3.67. The molecule has 90 valence electrons. The van der Waals surface area contributed by atoms with Crippen LogP contribution in [0.2, 0.25) is 0 Å². The summed E-state index contributed by atoms with van der Waals surface area (Å²) in [5.41, 5.74) is 7.96. The Balaban J connectivity index is 2.69. The average molecular weight is 287 g/mol. The van der Waals surface area contributed by atoms with Crippen molar-refractivity contribution in [2.45, 2.75) is 13.5 Å². The van der Waals surface area contributed by atoms with E-state index in [1.807, 2.05) is 18.2 Å². The molecule has 1 rings (SSSR count). The molecular weight excluding hydrogens is 268 g/mol. The lowest BCUT2D eigenvalue weighted by Gasteiger charge is -2.21. The zero-order valence-electron chi connectivity index (χ0n) is 9.87. The summed E-state index contributed by atoms with van der Waals surface area (Å²) in [6.45, 7) is 5.66. The van der Waals surface area contributed by atoms with Crippen molar-refractivity contribution in [3.8, 4) is 0 Å². The minimum atomic E-state index is 0.748. The van der Waals surface area contributed by atoms with Crippen LogP contribution in [0.25, 0.3) is 0 Å². The van der Waals surface area contributed by atoms with Crippen molar-refractivity contribution in [1.29, 1.82) is 0 Å². The first-order valence-corrected chi connectivity index (χ1v) is 6.22. The van der Waals surface area contributed by atoms with Gasteiger partial charge in [-0.15, -0.1) is 0 Å². The molecule has 0 bridgehead atoms. The summed E-state index contributed by atoms with van der Waals surface area (Å²) in [7, 11) is 1.72. The predicted octanol–water partition coefficient (Wildman–Crippen LogP) is 2.50. The minimum Gasteiger partial charge on any atom is -0.398 e. The van der Waals surface area contributed by atoms with Crippen LogP contribution in [0.4, 0.5) is 5.69 Å². The molecule has 0 aromatic heterocycles. The summed E-state index contributed by atoms with van der Waals surface area (Å²) in [5.74, 6) is 0. The Labute approximate surface area is 106 Å². The quantitative estimate of drug-likeness (QED) is 0.817. The Morgan fingerprint density at radius 3 is 2.75 bits per heavy atom. The van der Waals surface area contributed by atoms with Gasteiger partial charge in [0.05, 0.1) is 6.61 Å². The van der Waals surface area contributed by atoms with Crippen LogP contribution in [0.5, 0.6) is 0 Å². The van der Waals surface area contributed by atoms with E-state index >= 15 is 0 Å². The molecule has 0 saturated carbocycles. The van der Waals surface area contributed by atoms with Gasteiger partial charge in [0.1, 0.15) is 0 Å². The molecule has 1 aromatic carbocycles. The second kappa shape index (κ2) is 6.89. The zero-order chi connectivity index (χ0) is 12.0. The number of nitrogens with zero attached hydrogens (tertiary/aromatic N) is 1. The molecule has 0 radical (unpaired) electrons. The predicted molar refractivity (Wildman–Crippen MR) is 71.4 cm³/mol. The molecule has 0 fully saturated rings. The van der Waals surface area contributed by atoms with Gasteiger partial charge in [-0.1, -0.05) is 28.9 Å². The summed E-state index contributed by atoms with van der Waals surface area (Å²) in [5, 5.41) is 0. The van der Waals surface area contributed by atoms with Crippen molar-refractivity contribution in [3.63, 3.8) is 0 Å². The molecule has 0 heterocycles. The maximum Gasteiger partial charge on any atom is 0.0589 e. The number of nitrogen functional groups attached to an aromatic ring is 1. The monoisotopic (exact) mass is 286 g/mol. The molecule has 4 heteroatoms. The number of ether oxygens (including phenoxy) is 1. The Morgan fingerprint density at radius 2 is 2.19 bits per heavy atom. The van der Waals surface area contributed by atoms with Gasteiger partial charge in [0.15, 0.2) is 0 Å². The summed E-state index contributed by atoms with van der Waals surface area (Å²) >= 11 is 3.54. The van der Waals surface area contributed by atoms with Gasteiger partial charge in [-0.2, -0.15) is 0 Å². The molecule has 0 aliphatic rings. The number of hydrogen-bond donors (Lipinski definition) is 1. The summed E-state index contributed by atoms with van der Waals surface area (Å²) in [4.78, 5) is 2.31. The second-order valence-corrected chi connectivity index (χ2v) is 4.52. The number of likely N-dealkylation sites (N-methyl/N-ethyl adjacent to an activating group) is 1. The van der Waals surface area contributed by atoms with Crippen LogP contribution in [0.3, 0.4) is 0 Å². The van der Waals surface area contributed by atoms with Crippen LogP contribution in [-0.2, 0) is 11.3 Å². The SMILES string of the molecule is CCN(CCOC)Cc1c(N)cccc1Br. The summed E-state index contributed by atoms with van der Waals surface area (Å²) in [6, 6.07) is 5.91. The van der Waals surface area contributed by atoms with E-state index in [4.69, 9.17) is 10.5 Å². The third kappa shape index (κ3) is 3.77. The average Bonchev–Trinajstić information content (AvgIpc) is 2.28. The smallest absolute Gasteiger partial charge is 0.0589 e. The van der Waals surface area contributed by atoms with E-state index in [2.05, 4.69) is 27.8 Å². The van der Waals surface area contributed by atoms with Gasteiger partial charge in [-0.3, -0.25) is 4.90 Å². The van der Waals surface area contributed by atoms with Gasteiger partial charge >= 0.3 is 0 Å². The van der Waals surface area contributed by atoms with Gasteiger partial charge < -0.3 is 10.5 Å². The first kappa shape index (κ1) is 13.5. The normalized spacial score (nSPS) is 11.0. The van der Waals surface area contributed by atoms with E-state index in [1.165, 1.54) is 0 Å². The third-order valence-corrected chi connectivity index (χ3v) is 3.34. The first-order chi connectivity index (χ1) is 7.69. The minimum absolute atomic E-state index is 0.748. The van der Waals surface area contributed by atoms with Crippen molar-refractivity contribution in [2.75, 3.05) is 32.5 Å². The number of halogens is 1. The van der Waals surface area contributed by atoms with E-state index < -0.39 is 0 Å². The topological polar surface area (TPSA) is 38.5 Å². The Bertz CT molecular complexity index is 311. The number of benzene rings is 1. The number of nitrogens with two attached hydrogens (primary N) is 1. The first-order valence-electron chi connectivity index (χ1n) is 5.43. The molecule has 0 aliphatic heterocycles. The van der Waals surface area contributed by atoms with E-state index in [1.54, 1.807) is 7.11 Å². The summed E-state index contributed by atoms with van der Waals surface area (Å²) in [6.07, 6.45) is 0. The van der Waals surface area contributed by atoms with Gasteiger partial charge in [-0.25, -0.2) is 0 Å². The largest absolute Gasteiger partial charge is 0.398 e. The molecule has 0 amide bonds. The number of methoxy groups -OCH3 is 1. The molecule has 1 aromatic rings. The van der Waals surface area contributed by atoms with E-state index in [9.17, 15) is 0 Å². The Morgan fingerprint density at radius 1 is 1.44 bits per heavy atom. The standard InChI is InChI=1S/C12H19BrN2O/c1-3-15(7-8-16-2)9-10-11(13)5-4-6-12(10)14/h4-6H,3,7-9,14H2,1-2H3. The molecule has 0 spiro atoms. The lowest BCUT2D eigenvalue weighted by molar-refractivity contribution is 0.147. The van der Waals surface area contributed by atoms with Crippen molar-refractivity contribution >= 4 is 21.6 Å². The molecule has 2 N–H and O–H groups in total. The molecule has 3 nitrogen and oxygen atoms in total. The summed E-state index contributed by atoms with van der Waals surface area (Å²) < 4.78 is 6.16. The highest BCUT2D eigenvalue weighted by molar-refractivity contribution is 9.10. The van der Waals surface area contributed by atoms with Crippen LogP contribution in [0.15, 0.2) is 22.7 Å². The number of hydrogen-bond acceptors (Lipinski definition) is 3. The molecule has 16 heavy (non-hydrogen) atoms. The van der Waals surface area contributed by atoms with E-state index in [0.29, 0.717) is 0 Å². The molecular formula is C12H19BrN2O. The lowest BCUT2D eigenvalue weighted by Crippen LogP contribution is -2.27. The van der Waals surface area contributed by atoms with Crippen LogP contribution in [0, 0.1) is 0 Å². The van der Waals surface area contributed by atoms with E-state index in [0.717, 1.165) is 42.0 Å². The van der Waals surface area contributed by atoms with Gasteiger partial charge in [0.2, 0.25) is 0 Å². The van der Waals surface area contributed by atoms with Crippen molar-refractivity contribution in [1.82, 2.24) is 4.90 Å². The Hall–Kier alpha value is -0.580. The highest BCUT2D eigenvalue weighted by Gasteiger charge is 2.09. The highest BCUT2D eigenvalue weighted by Crippen LogP contribution is 2.23. The molecule has 0 atom stereocenters. The van der Waals surface area contributed by atoms with Gasteiger partial charge in [0.25, 0.3) is 0 Å². The van der Waals surface area contributed by atoms with E-state index in [-0.39, 0.29) is 0 Å². The van der Waals surface area contributed by atoms with Crippen LogP contribution >= 0.6 is 15.9 Å². The maximum atomic E-state index is 5.97. The molecule has 0 unspecified atom stereocenters. The Kier molecular flexibility index (Phi) is 5.80. The fraction of sp³-hybridized carbons (Fsp3) is 0.500. The highest BCUT2D eigenvalue weighted by atomic mass is 79.9.